The van der Waals surface area contributed by atoms with Gasteiger partial charge in [-0.05, 0) is 71.8 Å². The molecule has 4 heteroatoms. The van der Waals surface area contributed by atoms with Crippen LogP contribution in [-0.2, 0) is 6.54 Å². The Labute approximate surface area is 175 Å². The number of aromatic nitrogens is 1. The summed E-state index contributed by atoms with van der Waals surface area (Å²) in [5.41, 5.74) is 4.79. The van der Waals surface area contributed by atoms with Crippen LogP contribution in [0.1, 0.15) is 28.4 Å². The van der Waals surface area contributed by atoms with Crippen LogP contribution in [0.5, 0.6) is 0 Å². The molecule has 0 unspecified atom stereocenters. The lowest BCUT2D eigenvalue weighted by molar-refractivity contribution is 0.0956. The third-order valence-corrected chi connectivity index (χ3v) is 5.32. The lowest BCUT2D eigenvalue weighted by atomic mass is 9.96. The molecule has 1 amide bonds. The van der Waals surface area contributed by atoms with Crippen LogP contribution in [0.3, 0.4) is 0 Å². The molecule has 150 valence electrons. The van der Waals surface area contributed by atoms with Crippen molar-refractivity contribution >= 4 is 16.7 Å². The average Bonchev–Trinajstić information content (AvgIpc) is 2.77. The lowest BCUT2D eigenvalue weighted by Crippen LogP contribution is -2.22. The van der Waals surface area contributed by atoms with Gasteiger partial charge in [0.05, 0.1) is 6.54 Å². The number of hydrogen-bond acceptors (Lipinski definition) is 2. The molecule has 1 N–H and O–H groups in total. The molecule has 0 atom stereocenters. The molecule has 0 spiro atoms. The number of carbonyl (C=O) groups is 1. The fourth-order valence-electron chi connectivity index (χ4n) is 3.70. The number of carbonyl (C=O) groups excluding carboxylic acids is 1. The maximum Gasteiger partial charge on any atom is 0.258 e. The zero-order valence-corrected chi connectivity index (χ0v) is 17.2. The van der Waals surface area contributed by atoms with Gasteiger partial charge in [0.25, 0.3) is 11.5 Å². The normalized spacial score (nSPS) is 10.9. The molecule has 0 aliphatic heterocycles. The zero-order valence-electron chi connectivity index (χ0n) is 17.2. The molecule has 4 aromatic rings. The summed E-state index contributed by atoms with van der Waals surface area (Å²) in [5.74, 6) is -0.0802. The highest BCUT2D eigenvalue weighted by atomic mass is 16.1. The van der Waals surface area contributed by atoms with E-state index in [1.54, 1.807) is 4.57 Å². The van der Waals surface area contributed by atoms with E-state index in [1.807, 2.05) is 92.8 Å². The number of pyridine rings is 1. The predicted octanol–water partition coefficient (Wildman–Crippen LogP) is 4.77. The Hall–Kier alpha value is -3.66. The van der Waals surface area contributed by atoms with Crippen molar-refractivity contribution in [2.45, 2.75) is 20.4 Å². The van der Waals surface area contributed by atoms with Gasteiger partial charge in [-0.3, -0.25) is 9.59 Å². The van der Waals surface area contributed by atoms with Gasteiger partial charge in [-0.25, -0.2) is 0 Å². The van der Waals surface area contributed by atoms with Crippen LogP contribution in [-0.4, -0.2) is 17.0 Å². The summed E-state index contributed by atoms with van der Waals surface area (Å²) in [6.45, 7) is 5.07. The minimum Gasteiger partial charge on any atom is -0.352 e. The van der Waals surface area contributed by atoms with Gasteiger partial charge >= 0.3 is 0 Å². The van der Waals surface area contributed by atoms with Crippen molar-refractivity contribution in [1.29, 1.82) is 0 Å². The molecule has 3 aromatic carbocycles. The van der Waals surface area contributed by atoms with Crippen LogP contribution in [0.4, 0.5) is 0 Å². The van der Waals surface area contributed by atoms with Gasteiger partial charge in [-0.15, -0.1) is 0 Å². The van der Waals surface area contributed by atoms with Crippen molar-refractivity contribution in [3.8, 4) is 11.1 Å². The number of fused-ring (bicyclic) bond motifs is 1. The van der Waals surface area contributed by atoms with E-state index in [2.05, 4.69) is 5.32 Å². The second kappa shape index (κ2) is 8.37. The summed E-state index contributed by atoms with van der Waals surface area (Å²) < 4.78 is 1.73. The van der Waals surface area contributed by atoms with Crippen LogP contribution in [0.15, 0.2) is 83.8 Å². The molecule has 1 heterocycles. The number of amides is 1. The maximum atomic E-state index is 13.0. The fourth-order valence-corrected chi connectivity index (χ4v) is 3.70. The number of aryl methyl sites for hydroxylation is 1. The molecular weight excluding hydrogens is 372 g/mol. The molecule has 4 nitrogen and oxygen atoms in total. The van der Waals surface area contributed by atoms with E-state index in [0.717, 1.165) is 27.6 Å². The molecule has 1 aromatic heterocycles. The first-order valence-corrected chi connectivity index (χ1v) is 10.1. The molecule has 0 aliphatic rings. The molecule has 0 saturated heterocycles. The molecule has 4 rings (SSSR count). The van der Waals surface area contributed by atoms with Crippen LogP contribution < -0.4 is 10.9 Å². The highest BCUT2D eigenvalue weighted by molar-refractivity contribution is 5.96. The summed E-state index contributed by atoms with van der Waals surface area (Å²) in [5, 5.41) is 4.42. The Kier molecular flexibility index (Phi) is 5.48. The smallest absolute Gasteiger partial charge is 0.258 e. The molecule has 30 heavy (non-hydrogen) atoms. The molecule has 0 bridgehead atoms. The minimum atomic E-state index is -0.0802. The van der Waals surface area contributed by atoms with Gasteiger partial charge < -0.3 is 9.88 Å². The van der Waals surface area contributed by atoms with E-state index in [1.165, 1.54) is 0 Å². The second-order valence-corrected chi connectivity index (χ2v) is 7.43. The van der Waals surface area contributed by atoms with E-state index in [0.29, 0.717) is 24.0 Å². The summed E-state index contributed by atoms with van der Waals surface area (Å²) in [6.07, 6.45) is 1.85. The highest BCUT2D eigenvalue weighted by Gasteiger charge is 2.11. The van der Waals surface area contributed by atoms with E-state index >= 15 is 0 Å². The lowest BCUT2D eigenvalue weighted by Gasteiger charge is -2.11. The number of rotatable bonds is 5. The second-order valence-electron chi connectivity index (χ2n) is 7.43. The third-order valence-electron chi connectivity index (χ3n) is 5.32. The zero-order chi connectivity index (χ0) is 21.1. The van der Waals surface area contributed by atoms with Crippen molar-refractivity contribution in [1.82, 2.24) is 9.88 Å². The van der Waals surface area contributed by atoms with E-state index in [-0.39, 0.29) is 11.5 Å². The van der Waals surface area contributed by atoms with Crippen molar-refractivity contribution in [3.05, 3.63) is 106 Å². The first-order valence-electron chi connectivity index (χ1n) is 10.1. The topological polar surface area (TPSA) is 51.1 Å². The maximum absolute atomic E-state index is 13.0. The van der Waals surface area contributed by atoms with Gasteiger partial charge in [0.1, 0.15) is 0 Å². The first kappa shape index (κ1) is 19.6. The van der Waals surface area contributed by atoms with Crippen molar-refractivity contribution in [2.75, 3.05) is 6.54 Å². The summed E-state index contributed by atoms with van der Waals surface area (Å²) in [7, 11) is 0. The first-order chi connectivity index (χ1) is 14.6. The van der Waals surface area contributed by atoms with E-state index in [9.17, 15) is 9.59 Å². The fraction of sp³-hybridized carbons (Fsp3) is 0.154. The SMILES string of the molecule is CCNC(=O)c1ccc(C)c(-c2ccc3c(=O)n(Cc4ccccc4)ccc3c2)c1. The standard InChI is InChI=1S/C26H24N2O2/c1-3-27-25(29)22-10-9-18(2)24(16-22)20-11-12-23-21(15-20)13-14-28(26(23)30)17-19-7-5-4-6-8-19/h4-16H,3,17H2,1-2H3,(H,27,29). The Bertz CT molecular complexity index is 1270. The van der Waals surface area contributed by atoms with Crippen LogP contribution in [0, 0.1) is 6.92 Å². The van der Waals surface area contributed by atoms with Crippen LogP contribution in [0.25, 0.3) is 21.9 Å². The van der Waals surface area contributed by atoms with Crippen LogP contribution >= 0.6 is 0 Å². The molecule has 0 saturated carbocycles. The largest absolute Gasteiger partial charge is 0.352 e. The predicted molar refractivity (Wildman–Crippen MR) is 122 cm³/mol. The van der Waals surface area contributed by atoms with Crippen molar-refractivity contribution in [3.63, 3.8) is 0 Å². The van der Waals surface area contributed by atoms with Crippen LogP contribution in [0.2, 0.25) is 0 Å². The Morgan fingerprint density at radius 3 is 2.53 bits per heavy atom. The molecule has 0 aliphatic carbocycles. The average molecular weight is 396 g/mol. The number of hydrogen-bond donors (Lipinski definition) is 1. The third kappa shape index (κ3) is 3.90. The number of nitrogens with one attached hydrogen (secondary N) is 1. The molecule has 0 radical (unpaired) electrons. The number of nitrogens with zero attached hydrogens (tertiary/aromatic N) is 1. The van der Waals surface area contributed by atoms with Gasteiger partial charge in [0.15, 0.2) is 0 Å². The quantitative estimate of drug-likeness (QED) is 0.528. The van der Waals surface area contributed by atoms with Gasteiger partial charge in [-0.1, -0.05) is 42.5 Å². The number of benzene rings is 3. The Morgan fingerprint density at radius 2 is 1.77 bits per heavy atom. The monoisotopic (exact) mass is 396 g/mol. The Morgan fingerprint density at radius 1 is 0.967 bits per heavy atom. The van der Waals surface area contributed by atoms with Gasteiger partial charge in [-0.2, -0.15) is 0 Å². The summed E-state index contributed by atoms with van der Waals surface area (Å²) in [4.78, 5) is 25.2. The van der Waals surface area contributed by atoms with Crippen molar-refractivity contribution in [2.24, 2.45) is 0 Å². The van der Waals surface area contributed by atoms with Crippen molar-refractivity contribution < 1.29 is 4.79 Å². The molecular formula is C26H24N2O2. The minimum absolute atomic E-state index is 0.00398. The molecule has 0 fully saturated rings. The Balaban J connectivity index is 1.73. The summed E-state index contributed by atoms with van der Waals surface area (Å²) >= 11 is 0. The van der Waals surface area contributed by atoms with E-state index < -0.39 is 0 Å². The van der Waals surface area contributed by atoms with Gasteiger partial charge in [0.2, 0.25) is 0 Å². The van der Waals surface area contributed by atoms with E-state index in [4.69, 9.17) is 0 Å². The summed E-state index contributed by atoms with van der Waals surface area (Å²) in [6, 6.07) is 23.5. The van der Waals surface area contributed by atoms with Gasteiger partial charge in [0, 0.05) is 23.7 Å². The highest BCUT2D eigenvalue weighted by Crippen LogP contribution is 2.27.